The number of hydrogen-bond acceptors (Lipinski definition) is 5. The lowest BCUT2D eigenvalue weighted by Gasteiger charge is -2.41. The van der Waals surface area contributed by atoms with Gasteiger partial charge in [-0.25, -0.2) is 0 Å². The van der Waals surface area contributed by atoms with Gasteiger partial charge in [0.25, 0.3) is 0 Å². The Hall–Kier alpha value is -1.44. The van der Waals surface area contributed by atoms with Crippen molar-refractivity contribution in [3.05, 3.63) is 22.4 Å². The largest absolute Gasteiger partial charge is 0.345 e. The number of carbonyl (C=O) groups is 2. The monoisotopic (exact) mass is 406 g/mol. The summed E-state index contributed by atoms with van der Waals surface area (Å²) in [4.78, 5) is 31.0. The predicted molar refractivity (Wildman–Crippen MR) is 113 cm³/mol. The summed E-state index contributed by atoms with van der Waals surface area (Å²) in [6, 6.07) is 4.31. The van der Waals surface area contributed by atoms with Crippen molar-refractivity contribution in [3.8, 4) is 0 Å². The lowest BCUT2D eigenvalue weighted by Crippen LogP contribution is -2.54. The standard InChI is InChI=1S/C21H34N4O2S/c1-3-24-11-13-25(14-12-24)19(18-10-7-15-28-18)16(2)22-20(26)21(27)23-17-8-5-4-6-9-17/h7,10,15-17,19H,3-6,8-9,11-14H2,1-2H3,(H,22,26)(H,23,27)/t16-,19+/m0/s1. The number of likely N-dealkylation sites (N-methyl/N-ethyl adjacent to an activating group) is 1. The minimum absolute atomic E-state index is 0.102. The molecule has 0 unspecified atom stereocenters. The van der Waals surface area contributed by atoms with Gasteiger partial charge in [-0.2, -0.15) is 0 Å². The van der Waals surface area contributed by atoms with E-state index >= 15 is 0 Å². The normalized spacial score (nSPS) is 21.8. The van der Waals surface area contributed by atoms with Gasteiger partial charge in [0.05, 0.1) is 6.04 Å². The molecule has 2 aliphatic rings. The fraction of sp³-hybridized carbons (Fsp3) is 0.714. The van der Waals surface area contributed by atoms with E-state index in [4.69, 9.17) is 0 Å². The summed E-state index contributed by atoms with van der Waals surface area (Å²) in [6.07, 6.45) is 5.45. The summed E-state index contributed by atoms with van der Waals surface area (Å²) >= 11 is 1.72. The quantitative estimate of drug-likeness (QED) is 0.712. The predicted octanol–water partition coefficient (Wildman–Crippen LogP) is 2.38. The van der Waals surface area contributed by atoms with Crippen molar-refractivity contribution in [2.24, 2.45) is 0 Å². The molecule has 2 heterocycles. The molecule has 1 aliphatic carbocycles. The molecule has 7 heteroatoms. The zero-order chi connectivity index (χ0) is 19.9. The number of nitrogens with one attached hydrogen (secondary N) is 2. The van der Waals surface area contributed by atoms with Crippen LogP contribution >= 0.6 is 11.3 Å². The minimum Gasteiger partial charge on any atom is -0.345 e. The summed E-state index contributed by atoms with van der Waals surface area (Å²) in [5.41, 5.74) is 0. The number of nitrogens with zero attached hydrogens (tertiary/aromatic N) is 2. The molecule has 0 spiro atoms. The van der Waals surface area contributed by atoms with Crippen LogP contribution in [-0.2, 0) is 9.59 Å². The fourth-order valence-electron chi connectivity index (χ4n) is 4.41. The van der Waals surface area contributed by atoms with E-state index in [9.17, 15) is 9.59 Å². The molecule has 0 bridgehead atoms. The number of thiophene rings is 1. The molecule has 6 nitrogen and oxygen atoms in total. The van der Waals surface area contributed by atoms with Gasteiger partial charge in [0.1, 0.15) is 0 Å². The highest BCUT2D eigenvalue weighted by molar-refractivity contribution is 7.10. The van der Waals surface area contributed by atoms with Crippen molar-refractivity contribution in [1.82, 2.24) is 20.4 Å². The molecule has 156 valence electrons. The Balaban J connectivity index is 1.60. The maximum Gasteiger partial charge on any atom is 0.309 e. The van der Waals surface area contributed by atoms with Gasteiger partial charge in [0, 0.05) is 43.1 Å². The van der Waals surface area contributed by atoms with Crippen LogP contribution in [0.4, 0.5) is 0 Å². The molecule has 2 atom stereocenters. The molecule has 1 aromatic rings. The second-order valence-corrected chi connectivity index (χ2v) is 8.98. The number of hydrogen-bond donors (Lipinski definition) is 2. The molecule has 2 amide bonds. The summed E-state index contributed by atoms with van der Waals surface area (Å²) in [6.45, 7) is 9.33. The van der Waals surface area contributed by atoms with Gasteiger partial charge in [0.15, 0.2) is 0 Å². The second-order valence-electron chi connectivity index (χ2n) is 8.00. The molecule has 2 N–H and O–H groups in total. The molecule has 1 saturated carbocycles. The van der Waals surface area contributed by atoms with Crippen molar-refractivity contribution in [2.75, 3.05) is 32.7 Å². The Morgan fingerprint density at radius 1 is 1.14 bits per heavy atom. The number of carbonyl (C=O) groups excluding carboxylic acids is 2. The summed E-state index contributed by atoms with van der Waals surface area (Å²) in [5.74, 6) is -0.994. The first kappa shape index (κ1) is 21.3. The van der Waals surface area contributed by atoms with Crippen LogP contribution in [0.3, 0.4) is 0 Å². The molecule has 0 radical (unpaired) electrons. The van der Waals surface area contributed by atoms with Crippen molar-refractivity contribution in [2.45, 2.75) is 64.1 Å². The number of rotatable bonds is 6. The smallest absolute Gasteiger partial charge is 0.309 e. The van der Waals surface area contributed by atoms with Gasteiger partial charge in [-0.3, -0.25) is 14.5 Å². The van der Waals surface area contributed by atoms with E-state index in [0.717, 1.165) is 58.4 Å². The lowest BCUT2D eigenvalue weighted by molar-refractivity contribution is -0.140. The van der Waals surface area contributed by atoms with Crippen molar-refractivity contribution >= 4 is 23.2 Å². The Kier molecular flexibility index (Phi) is 7.88. The molecule has 1 aliphatic heterocycles. The SMILES string of the molecule is CCN1CCN([C@@H](c2cccs2)[C@H](C)NC(=O)C(=O)NC2CCCCC2)CC1. The van der Waals surface area contributed by atoms with Gasteiger partial charge >= 0.3 is 11.8 Å². The van der Waals surface area contributed by atoms with Crippen molar-refractivity contribution < 1.29 is 9.59 Å². The van der Waals surface area contributed by atoms with Crippen molar-refractivity contribution in [1.29, 1.82) is 0 Å². The van der Waals surface area contributed by atoms with E-state index in [1.165, 1.54) is 11.3 Å². The van der Waals surface area contributed by atoms with Gasteiger partial charge in [0.2, 0.25) is 0 Å². The van der Waals surface area contributed by atoms with Crippen LogP contribution in [0.5, 0.6) is 0 Å². The van der Waals surface area contributed by atoms with E-state index in [-0.39, 0.29) is 18.1 Å². The highest BCUT2D eigenvalue weighted by Gasteiger charge is 2.32. The van der Waals surface area contributed by atoms with Gasteiger partial charge in [-0.05, 0) is 37.8 Å². The van der Waals surface area contributed by atoms with E-state index in [2.05, 4.69) is 44.9 Å². The molecule has 2 fully saturated rings. The van der Waals surface area contributed by atoms with Crippen LogP contribution in [0.1, 0.15) is 56.9 Å². The molecule has 1 aromatic heterocycles. The molecular weight excluding hydrogens is 372 g/mol. The van der Waals surface area contributed by atoms with E-state index < -0.39 is 11.8 Å². The lowest BCUT2D eigenvalue weighted by atomic mass is 9.95. The summed E-state index contributed by atoms with van der Waals surface area (Å²) < 4.78 is 0. The van der Waals surface area contributed by atoms with Crippen LogP contribution in [0, 0.1) is 0 Å². The molecule has 28 heavy (non-hydrogen) atoms. The third-order valence-electron chi connectivity index (χ3n) is 6.06. The maximum atomic E-state index is 12.5. The number of amides is 2. The highest BCUT2D eigenvalue weighted by atomic mass is 32.1. The van der Waals surface area contributed by atoms with Crippen LogP contribution < -0.4 is 10.6 Å². The van der Waals surface area contributed by atoms with Crippen molar-refractivity contribution in [3.63, 3.8) is 0 Å². The van der Waals surface area contributed by atoms with Crippen LogP contribution in [0.2, 0.25) is 0 Å². The Morgan fingerprint density at radius 2 is 1.86 bits per heavy atom. The average Bonchev–Trinajstić information content (AvgIpc) is 3.23. The fourth-order valence-corrected chi connectivity index (χ4v) is 5.37. The molecule has 0 aromatic carbocycles. The zero-order valence-corrected chi connectivity index (χ0v) is 18.0. The Morgan fingerprint density at radius 3 is 2.46 bits per heavy atom. The summed E-state index contributed by atoms with van der Waals surface area (Å²) in [7, 11) is 0. The second kappa shape index (κ2) is 10.4. The zero-order valence-electron chi connectivity index (χ0n) is 17.2. The summed E-state index contributed by atoms with van der Waals surface area (Å²) in [5, 5.41) is 7.98. The highest BCUT2D eigenvalue weighted by Crippen LogP contribution is 2.29. The van der Waals surface area contributed by atoms with Gasteiger partial charge in [-0.15, -0.1) is 11.3 Å². The molecular formula is C21H34N4O2S. The topological polar surface area (TPSA) is 64.7 Å². The average molecular weight is 407 g/mol. The minimum atomic E-state index is -0.508. The third kappa shape index (κ3) is 5.55. The van der Waals surface area contributed by atoms with E-state index in [1.807, 2.05) is 6.92 Å². The van der Waals surface area contributed by atoms with E-state index in [1.54, 1.807) is 11.3 Å². The first-order chi connectivity index (χ1) is 13.6. The third-order valence-corrected chi connectivity index (χ3v) is 7.00. The molecule has 1 saturated heterocycles. The Labute approximate surface area is 172 Å². The molecule has 3 rings (SSSR count). The first-order valence-corrected chi connectivity index (χ1v) is 11.6. The van der Waals surface area contributed by atoms with Crippen LogP contribution in [-0.4, -0.2) is 66.4 Å². The van der Waals surface area contributed by atoms with Crippen LogP contribution in [0.25, 0.3) is 0 Å². The maximum absolute atomic E-state index is 12.5. The van der Waals surface area contributed by atoms with Gasteiger partial charge < -0.3 is 15.5 Å². The number of piperazine rings is 1. The first-order valence-electron chi connectivity index (χ1n) is 10.7. The van der Waals surface area contributed by atoms with Gasteiger partial charge in [-0.1, -0.05) is 32.3 Å². The van der Waals surface area contributed by atoms with Crippen LogP contribution in [0.15, 0.2) is 17.5 Å². The van der Waals surface area contributed by atoms with E-state index in [0.29, 0.717) is 0 Å². The Bertz CT molecular complexity index is 622.